The number of benzene rings is 2. The Bertz CT molecular complexity index is 1060. The number of amides is 2. The molecule has 1 saturated heterocycles. The zero-order valence-corrected chi connectivity index (χ0v) is 17.5. The number of carbonyl (C=O) groups excluding carboxylic acids is 1. The molecule has 34 heavy (non-hydrogen) atoms. The van der Waals surface area contributed by atoms with Crippen LogP contribution in [0, 0.1) is 11.3 Å². The minimum atomic E-state index is -4.87. The van der Waals surface area contributed by atoms with Crippen molar-refractivity contribution in [2.75, 3.05) is 6.61 Å². The molecule has 2 aromatic rings. The van der Waals surface area contributed by atoms with E-state index in [2.05, 4.69) is 10.6 Å². The molecule has 0 aliphatic carbocycles. The second kappa shape index (κ2) is 9.80. The smallest absolute Gasteiger partial charge is 0.417 e. The zero-order chi connectivity index (χ0) is 25.1. The quantitative estimate of drug-likeness (QED) is 0.533. The van der Waals surface area contributed by atoms with Crippen molar-refractivity contribution in [3.63, 3.8) is 0 Å². The average Bonchev–Trinajstić information content (AvgIpc) is 3.21. The molecule has 1 unspecified atom stereocenters. The van der Waals surface area contributed by atoms with E-state index >= 15 is 0 Å². The fourth-order valence-electron chi connectivity index (χ4n) is 3.86. The Balaban J connectivity index is 1.73. The van der Waals surface area contributed by atoms with Gasteiger partial charge in [-0.15, -0.1) is 0 Å². The lowest BCUT2D eigenvalue weighted by molar-refractivity contribution is -0.156. The maximum Gasteiger partial charge on any atom is 0.417 e. The van der Waals surface area contributed by atoms with Gasteiger partial charge in [-0.05, 0) is 41.8 Å². The number of alkyl halides is 6. The van der Waals surface area contributed by atoms with Crippen LogP contribution in [0.4, 0.5) is 31.1 Å². The Morgan fingerprint density at radius 3 is 2.38 bits per heavy atom. The van der Waals surface area contributed by atoms with Gasteiger partial charge < -0.3 is 15.8 Å². The third kappa shape index (κ3) is 6.11. The lowest BCUT2D eigenvalue weighted by Crippen LogP contribution is -2.44. The predicted octanol–water partition coefficient (Wildman–Crippen LogP) is 4.20. The van der Waals surface area contributed by atoms with E-state index in [1.165, 1.54) is 6.07 Å². The third-order valence-corrected chi connectivity index (χ3v) is 5.45. The highest BCUT2D eigenvalue weighted by Crippen LogP contribution is 2.42. The topological polar surface area (TPSA) is 100 Å². The maximum absolute atomic E-state index is 13.7. The van der Waals surface area contributed by atoms with Gasteiger partial charge in [-0.25, -0.2) is 4.79 Å². The number of nitrogens with two attached hydrogens (primary N) is 1. The lowest BCUT2D eigenvalue weighted by atomic mass is 9.88. The normalized spacial score (nSPS) is 20.6. The van der Waals surface area contributed by atoms with Crippen molar-refractivity contribution in [3.05, 3.63) is 64.7 Å². The van der Waals surface area contributed by atoms with Crippen molar-refractivity contribution in [1.82, 2.24) is 10.6 Å². The van der Waals surface area contributed by atoms with Gasteiger partial charge in [0.1, 0.15) is 18.4 Å². The number of urea groups is 1. The molecule has 4 N–H and O–H groups in total. The van der Waals surface area contributed by atoms with E-state index in [0.29, 0.717) is 11.8 Å². The van der Waals surface area contributed by atoms with Gasteiger partial charge in [0.2, 0.25) is 0 Å². The molecule has 0 spiro atoms. The molecule has 0 bridgehead atoms. The minimum Gasteiger partial charge on any atom is -0.492 e. The van der Waals surface area contributed by atoms with E-state index in [0.717, 1.165) is 17.7 Å². The minimum absolute atomic E-state index is 0.117. The first-order valence-corrected chi connectivity index (χ1v) is 10.1. The van der Waals surface area contributed by atoms with Gasteiger partial charge in [0.25, 0.3) is 0 Å². The number of nitrogens with zero attached hydrogens (tertiary/aromatic N) is 1. The highest BCUT2D eigenvalue weighted by atomic mass is 19.4. The summed E-state index contributed by atoms with van der Waals surface area (Å²) in [5.74, 6) is -0.918. The molecule has 182 valence electrons. The fourth-order valence-corrected chi connectivity index (χ4v) is 3.86. The van der Waals surface area contributed by atoms with E-state index in [1.807, 2.05) is 0 Å². The highest BCUT2D eigenvalue weighted by Gasteiger charge is 2.51. The number of primary amides is 1. The molecule has 2 amide bonds. The van der Waals surface area contributed by atoms with Crippen LogP contribution in [-0.2, 0) is 12.7 Å². The standard InChI is InChI=1S/C22H20F6N4O2/c23-21(24,25)18-7-13(3-4-14(18)9-29)17-8-15(32-19(17)22(26,27)28)11-34-16-5-1-12(2-6-16)10-31-20(30)33/h1-7,15,17,19,32H,8,10-11H2,(H3,30,31,33)/t15-,17?,19+/m0/s1. The van der Waals surface area contributed by atoms with E-state index in [-0.39, 0.29) is 25.1 Å². The summed E-state index contributed by atoms with van der Waals surface area (Å²) in [7, 11) is 0. The molecule has 3 rings (SSSR count). The van der Waals surface area contributed by atoms with Crippen molar-refractivity contribution in [2.45, 2.75) is 43.3 Å². The van der Waals surface area contributed by atoms with Crippen LogP contribution in [-0.4, -0.2) is 30.9 Å². The van der Waals surface area contributed by atoms with Crippen molar-refractivity contribution >= 4 is 6.03 Å². The van der Waals surface area contributed by atoms with Gasteiger partial charge in [-0.2, -0.15) is 31.6 Å². The second-order valence-corrected chi connectivity index (χ2v) is 7.81. The van der Waals surface area contributed by atoms with E-state index in [4.69, 9.17) is 15.7 Å². The highest BCUT2D eigenvalue weighted by molar-refractivity contribution is 5.71. The second-order valence-electron chi connectivity index (χ2n) is 7.81. The number of rotatable bonds is 6. The van der Waals surface area contributed by atoms with Gasteiger partial charge in [0.15, 0.2) is 0 Å². The number of ether oxygens (including phenoxy) is 1. The Labute approximate surface area is 190 Å². The van der Waals surface area contributed by atoms with Gasteiger partial charge >= 0.3 is 18.4 Å². The van der Waals surface area contributed by atoms with Gasteiger partial charge in [-0.3, -0.25) is 5.32 Å². The first kappa shape index (κ1) is 25.2. The monoisotopic (exact) mass is 486 g/mol. The van der Waals surface area contributed by atoms with Gasteiger partial charge in [0, 0.05) is 18.5 Å². The summed E-state index contributed by atoms with van der Waals surface area (Å²) in [5, 5.41) is 13.8. The average molecular weight is 486 g/mol. The van der Waals surface area contributed by atoms with Gasteiger partial charge in [-0.1, -0.05) is 18.2 Å². The zero-order valence-electron chi connectivity index (χ0n) is 17.5. The maximum atomic E-state index is 13.7. The van der Waals surface area contributed by atoms with Gasteiger partial charge in [0.05, 0.1) is 17.2 Å². The molecule has 6 nitrogen and oxygen atoms in total. The van der Waals surface area contributed by atoms with Crippen molar-refractivity contribution in [3.8, 4) is 11.8 Å². The molecular formula is C22H20F6N4O2. The summed E-state index contributed by atoms with van der Waals surface area (Å²) in [4.78, 5) is 10.7. The fraction of sp³-hybridized carbons (Fsp3) is 0.364. The summed E-state index contributed by atoms with van der Waals surface area (Å²) in [5.41, 5.74) is 3.65. The Morgan fingerprint density at radius 2 is 1.82 bits per heavy atom. The SMILES string of the molecule is N#Cc1ccc(C2C[C@@H](COc3ccc(CNC(N)=O)cc3)N[C@H]2C(F)(F)F)cc1C(F)(F)F. The Morgan fingerprint density at radius 1 is 1.15 bits per heavy atom. The first-order chi connectivity index (χ1) is 15.9. The molecule has 3 atom stereocenters. The van der Waals surface area contributed by atoms with Crippen LogP contribution in [0.3, 0.4) is 0 Å². The summed E-state index contributed by atoms with van der Waals surface area (Å²) < 4.78 is 86.5. The molecular weight excluding hydrogens is 466 g/mol. The molecule has 1 aliphatic heterocycles. The third-order valence-electron chi connectivity index (χ3n) is 5.45. The van der Waals surface area contributed by atoms with Crippen LogP contribution in [0.1, 0.15) is 34.6 Å². The van der Waals surface area contributed by atoms with Crippen molar-refractivity contribution in [2.24, 2.45) is 5.73 Å². The summed E-state index contributed by atoms with van der Waals surface area (Å²) in [6.07, 6.45) is -9.70. The molecule has 0 radical (unpaired) electrons. The van der Waals surface area contributed by atoms with Crippen LogP contribution < -0.4 is 21.1 Å². The summed E-state index contributed by atoms with van der Waals surface area (Å²) >= 11 is 0. The Hall–Kier alpha value is -3.46. The summed E-state index contributed by atoms with van der Waals surface area (Å²) in [6, 6.07) is 6.94. The number of nitriles is 1. The van der Waals surface area contributed by atoms with Crippen LogP contribution in [0.2, 0.25) is 0 Å². The Kier molecular flexibility index (Phi) is 7.26. The molecule has 2 aromatic carbocycles. The lowest BCUT2D eigenvalue weighted by Gasteiger charge is -2.23. The van der Waals surface area contributed by atoms with Crippen LogP contribution in [0.15, 0.2) is 42.5 Å². The number of halogens is 6. The van der Waals surface area contributed by atoms with Crippen LogP contribution in [0.25, 0.3) is 0 Å². The predicted molar refractivity (Wildman–Crippen MR) is 109 cm³/mol. The summed E-state index contributed by atoms with van der Waals surface area (Å²) in [6.45, 7) is 0.0452. The van der Waals surface area contributed by atoms with E-state index < -0.39 is 47.5 Å². The molecule has 12 heteroatoms. The number of hydrogen-bond acceptors (Lipinski definition) is 4. The number of nitrogens with one attached hydrogen (secondary N) is 2. The van der Waals surface area contributed by atoms with E-state index in [1.54, 1.807) is 24.3 Å². The molecule has 1 fully saturated rings. The van der Waals surface area contributed by atoms with E-state index in [9.17, 15) is 31.1 Å². The number of hydrogen-bond donors (Lipinski definition) is 3. The van der Waals surface area contributed by atoms with Crippen molar-refractivity contribution in [1.29, 1.82) is 5.26 Å². The molecule has 1 heterocycles. The molecule has 1 aliphatic rings. The van der Waals surface area contributed by atoms with Crippen LogP contribution in [0.5, 0.6) is 5.75 Å². The van der Waals surface area contributed by atoms with Crippen molar-refractivity contribution < 1.29 is 35.9 Å². The van der Waals surface area contributed by atoms with Crippen LogP contribution >= 0.6 is 0 Å². The molecule has 0 saturated carbocycles. The first-order valence-electron chi connectivity index (χ1n) is 10.1. The largest absolute Gasteiger partial charge is 0.492 e. The molecule has 0 aromatic heterocycles. The number of carbonyl (C=O) groups is 1.